The molecule has 78 valence electrons. The molecule has 14 heavy (non-hydrogen) atoms. The van der Waals surface area contributed by atoms with E-state index in [9.17, 15) is 0 Å². The fourth-order valence-electron chi connectivity index (χ4n) is 1.63. The molecule has 0 N–H and O–H groups in total. The number of rotatable bonds is 5. The topological polar surface area (TPSA) is 0 Å². The third-order valence-corrected chi connectivity index (χ3v) is 6.24. The van der Waals surface area contributed by atoms with Crippen molar-refractivity contribution < 1.29 is 0 Å². The van der Waals surface area contributed by atoms with E-state index in [2.05, 4.69) is 50.0 Å². The number of benzene rings is 1. The van der Waals surface area contributed by atoms with Gasteiger partial charge >= 0.3 is 0 Å². The summed E-state index contributed by atoms with van der Waals surface area (Å²) in [5, 5.41) is 1.63. The Labute approximate surface area is 91.6 Å². The molecule has 0 saturated heterocycles. The Hall–Kier alpha value is -0.346. The van der Waals surface area contributed by atoms with Crippen molar-refractivity contribution in [2.75, 3.05) is 0 Å². The molecule has 0 aliphatic heterocycles. The average Bonchev–Trinajstić information content (AvgIpc) is 2.13. The third kappa shape index (κ3) is 5.40. The van der Waals surface area contributed by atoms with E-state index in [1.54, 1.807) is 5.19 Å². The lowest BCUT2D eigenvalue weighted by molar-refractivity contribution is 1.04. The zero-order valence-corrected chi connectivity index (χ0v) is 12.1. The summed E-state index contributed by atoms with van der Waals surface area (Å²) >= 11 is 0. The van der Waals surface area contributed by atoms with Crippen molar-refractivity contribution >= 4 is 22.8 Å². The van der Waals surface area contributed by atoms with Gasteiger partial charge in [-0.15, -0.1) is 0 Å². The van der Waals surface area contributed by atoms with Gasteiger partial charge in [-0.05, 0) is 0 Å². The Kier molecular flexibility index (Phi) is 4.62. The summed E-state index contributed by atoms with van der Waals surface area (Å²) in [5.74, 6) is 0. The van der Waals surface area contributed by atoms with Gasteiger partial charge in [-0.2, -0.15) is 0 Å². The predicted molar refractivity (Wildman–Crippen MR) is 72.2 cm³/mol. The van der Waals surface area contributed by atoms with E-state index in [0.29, 0.717) is 0 Å². The molecule has 0 radical (unpaired) electrons. The molecule has 0 spiro atoms. The van der Waals surface area contributed by atoms with Crippen LogP contribution in [0.5, 0.6) is 0 Å². The predicted octanol–water partition coefficient (Wildman–Crippen LogP) is 2.63. The van der Waals surface area contributed by atoms with Gasteiger partial charge in [0, 0.05) is 8.07 Å². The molecule has 1 rings (SSSR count). The van der Waals surface area contributed by atoms with Crippen LogP contribution in [0, 0.1) is 0 Å². The molecular weight excluding hydrogens is 200 g/mol. The molecule has 0 aliphatic rings. The Balaban J connectivity index is 2.17. The fraction of sp³-hybridized carbons (Fsp3) is 0.500. The highest BCUT2D eigenvalue weighted by Crippen LogP contribution is 2.12. The summed E-state index contributed by atoms with van der Waals surface area (Å²) in [6.07, 6.45) is 1.47. The van der Waals surface area contributed by atoms with Crippen molar-refractivity contribution in [3.05, 3.63) is 30.3 Å². The normalized spacial score (nSPS) is 12.5. The standard InChI is InChI=1S/C12H22Si2/c1-14(2,3)11-7-10-13-12-8-5-4-6-9-12/h4-6,8-9H,7,10-11,13H2,1-3H3. The highest BCUT2D eigenvalue weighted by molar-refractivity contribution is 6.76. The van der Waals surface area contributed by atoms with Gasteiger partial charge in [0.25, 0.3) is 0 Å². The SMILES string of the molecule is C[Si](C)(C)CCC[SiH2]c1ccccc1. The minimum Gasteiger partial charge on any atom is -0.0695 e. The fourth-order valence-corrected chi connectivity index (χ4v) is 4.95. The molecule has 0 amide bonds. The lowest BCUT2D eigenvalue weighted by Crippen LogP contribution is -2.20. The van der Waals surface area contributed by atoms with Gasteiger partial charge in [0.1, 0.15) is 0 Å². The van der Waals surface area contributed by atoms with Gasteiger partial charge in [0.15, 0.2) is 0 Å². The largest absolute Gasteiger partial charge is 0.0695 e. The van der Waals surface area contributed by atoms with E-state index in [-0.39, 0.29) is 9.52 Å². The second kappa shape index (κ2) is 5.51. The van der Waals surface area contributed by atoms with E-state index in [4.69, 9.17) is 0 Å². The summed E-state index contributed by atoms with van der Waals surface area (Å²) in [5.41, 5.74) is 0. The van der Waals surface area contributed by atoms with Gasteiger partial charge in [-0.25, -0.2) is 0 Å². The number of hydrogen-bond acceptors (Lipinski definition) is 0. The van der Waals surface area contributed by atoms with Gasteiger partial charge in [0.2, 0.25) is 0 Å². The number of hydrogen-bond donors (Lipinski definition) is 0. The monoisotopic (exact) mass is 222 g/mol. The van der Waals surface area contributed by atoms with Crippen LogP contribution < -0.4 is 5.19 Å². The molecule has 0 aliphatic carbocycles. The molecule has 0 atom stereocenters. The molecule has 0 fully saturated rings. The van der Waals surface area contributed by atoms with E-state index in [1.165, 1.54) is 18.5 Å². The second-order valence-corrected chi connectivity index (χ2v) is 12.9. The Bertz CT molecular complexity index is 249. The first-order valence-corrected chi connectivity index (χ1v) is 11.0. The van der Waals surface area contributed by atoms with Crippen LogP contribution in [0.15, 0.2) is 30.3 Å². The lowest BCUT2D eigenvalue weighted by Gasteiger charge is -2.14. The van der Waals surface area contributed by atoms with Crippen LogP contribution >= 0.6 is 0 Å². The van der Waals surface area contributed by atoms with E-state index >= 15 is 0 Å². The van der Waals surface area contributed by atoms with Gasteiger partial charge in [-0.1, -0.05) is 73.7 Å². The van der Waals surface area contributed by atoms with Gasteiger partial charge in [0.05, 0.1) is 9.52 Å². The summed E-state index contributed by atoms with van der Waals surface area (Å²) in [7, 11) is -0.731. The van der Waals surface area contributed by atoms with E-state index in [1.807, 2.05) is 0 Å². The molecule has 1 aromatic carbocycles. The zero-order chi connectivity index (χ0) is 10.4. The van der Waals surface area contributed by atoms with Crippen molar-refractivity contribution in [1.29, 1.82) is 0 Å². The molecule has 0 aromatic heterocycles. The van der Waals surface area contributed by atoms with Crippen molar-refractivity contribution in [2.24, 2.45) is 0 Å². The van der Waals surface area contributed by atoms with Crippen LogP contribution in [0.25, 0.3) is 0 Å². The Morgan fingerprint density at radius 1 is 1.07 bits per heavy atom. The van der Waals surface area contributed by atoms with E-state index in [0.717, 1.165) is 0 Å². The molecule has 0 unspecified atom stereocenters. The van der Waals surface area contributed by atoms with Crippen LogP contribution in [-0.2, 0) is 0 Å². The minimum absolute atomic E-state index is 0.0419. The van der Waals surface area contributed by atoms with Gasteiger partial charge in [-0.3, -0.25) is 0 Å². The van der Waals surface area contributed by atoms with Crippen LogP contribution in [0.2, 0.25) is 31.7 Å². The third-order valence-electron chi connectivity index (χ3n) is 2.49. The van der Waals surface area contributed by atoms with Crippen molar-refractivity contribution in [3.63, 3.8) is 0 Å². The molecule has 0 bridgehead atoms. The lowest BCUT2D eigenvalue weighted by atomic mass is 10.4. The first kappa shape index (κ1) is 11.7. The average molecular weight is 222 g/mol. The maximum atomic E-state index is 2.47. The van der Waals surface area contributed by atoms with Crippen LogP contribution in [0.4, 0.5) is 0 Å². The quantitative estimate of drug-likeness (QED) is 0.531. The molecule has 0 heterocycles. The van der Waals surface area contributed by atoms with Crippen LogP contribution in [0.3, 0.4) is 0 Å². The smallest absolute Gasteiger partial charge is 0.0547 e. The molecule has 2 heteroatoms. The summed E-state index contributed by atoms with van der Waals surface area (Å²) in [6.45, 7) is 7.41. The van der Waals surface area contributed by atoms with Crippen molar-refractivity contribution in [2.45, 2.75) is 38.2 Å². The first-order valence-electron chi connectivity index (χ1n) is 5.62. The minimum atomic E-state index is -0.773. The first-order chi connectivity index (χ1) is 6.58. The summed E-state index contributed by atoms with van der Waals surface area (Å²) < 4.78 is 0. The van der Waals surface area contributed by atoms with Crippen molar-refractivity contribution in [3.8, 4) is 0 Å². The van der Waals surface area contributed by atoms with E-state index < -0.39 is 8.07 Å². The highest BCUT2D eigenvalue weighted by atomic mass is 28.3. The van der Waals surface area contributed by atoms with Crippen LogP contribution in [0.1, 0.15) is 6.42 Å². The Morgan fingerprint density at radius 3 is 2.29 bits per heavy atom. The maximum Gasteiger partial charge on any atom is 0.0547 e. The zero-order valence-electron chi connectivity index (χ0n) is 9.72. The molecule has 0 nitrogen and oxygen atoms in total. The van der Waals surface area contributed by atoms with Crippen LogP contribution in [-0.4, -0.2) is 17.6 Å². The highest BCUT2D eigenvalue weighted by Gasteiger charge is 2.11. The maximum absolute atomic E-state index is 2.47. The second-order valence-electron chi connectivity index (χ2n) is 5.25. The van der Waals surface area contributed by atoms with Crippen molar-refractivity contribution in [1.82, 2.24) is 0 Å². The Morgan fingerprint density at radius 2 is 1.71 bits per heavy atom. The molecule has 1 aromatic rings. The molecule has 0 saturated carbocycles. The van der Waals surface area contributed by atoms with Gasteiger partial charge < -0.3 is 0 Å². The molecular formula is C12H22Si2. The summed E-state index contributed by atoms with van der Waals surface area (Å²) in [4.78, 5) is 0. The summed E-state index contributed by atoms with van der Waals surface area (Å²) in [6, 6.07) is 14.0.